The first-order valence-electron chi connectivity index (χ1n) is 7.92. The average Bonchev–Trinajstić information content (AvgIpc) is 2.38. The molecule has 1 amide bonds. The molecule has 2 rings (SSSR count). The van der Waals surface area contributed by atoms with E-state index in [9.17, 15) is 4.79 Å². The van der Waals surface area contributed by atoms with E-state index in [0.717, 1.165) is 19.4 Å². The number of hydrogen-bond donors (Lipinski definition) is 1. The van der Waals surface area contributed by atoms with E-state index in [1.54, 1.807) is 0 Å². The average molecular weight is 288 g/mol. The molecule has 1 aromatic rings. The highest BCUT2D eigenvalue weighted by Crippen LogP contribution is 2.29. The summed E-state index contributed by atoms with van der Waals surface area (Å²) >= 11 is 0. The fraction of sp³-hybridized carbons (Fsp3) is 0.611. The number of hydrogen-bond acceptors (Lipinski definition) is 2. The Morgan fingerprint density at radius 1 is 1.33 bits per heavy atom. The van der Waals surface area contributed by atoms with Gasteiger partial charge in [0.25, 0.3) is 0 Å². The molecule has 1 heterocycles. The van der Waals surface area contributed by atoms with Gasteiger partial charge in [0.1, 0.15) is 0 Å². The minimum absolute atomic E-state index is 0.135. The molecule has 0 spiro atoms. The topological polar surface area (TPSA) is 46.3 Å². The van der Waals surface area contributed by atoms with Crippen molar-refractivity contribution < 1.29 is 4.79 Å². The third-order valence-electron chi connectivity index (χ3n) is 4.66. The molecule has 1 saturated heterocycles. The van der Waals surface area contributed by atoms with Crippen molar-refractivity contribution in [1.29, 1.82) is 0 Å². The quantitative estimate of drug-likeness (QED) is 0.929. The van der Waals surface area contributed by atoms with Gasteiger partial charge < -0.3 is 10.6 Å². The van der Waals surface area contributed by atoms with Crippen LogP contribution in [-0.2, 0) is 10.2 Å². The van der Waals surface area contributed by atoms with Gasteiger partial charge in [0.2, 0.25) is 5.91 Å². The third-order valence-corrected chi connectivity index (χ3v) is 4.66. The smallest absolute Gasteiger partial charge is 0.223 e. The lowest BCUT2D eigenvalue weighted by atomic mass is 9.80. The highest BCUT2D eigenvalue weighted by Gasteiger charge is 2.31. The summed E-state index contributed by atoms with van der Waals surface area (Å²) in [6.45, 7) is 9.29. The maximum Gasteiger partial charge on any atom is 0.223 e. The molecule has 0 saturated carbocycles. The second-order valence-electron chi connectivity index (χ2n) is 7.15. The summed E-state index contributed by atoms with van der Waals surface area (Å²) < 4.78 is 0. The number of carbonyl (C=O) groups is 1. The molecular formula is C18H28N2O. The molecule has 1 fully saturated rings. The zero-order chi connectivity index (χ0) is 15.6. The highest BCUT2D eigenvalue weighted by atomic mass is 16.2. The number of piperidine rings is 1. The van der Waals surface area contributed by atoms with Crippen molar-refractivity contribution in [2.75, 3.05) is 6.54 Å². The third kappa shape index (κ3) is 3.85. The van der Waals surface area contributed by atoms with Crippen LogP contribution in [0.5, 0.6) is 0 Å². The van der Waals surface area contributed by atoms with E-state index < -0.39 is 0 Å². The first-order chi connectivity index (χ1) is 9.79. The van der Waals surface area contributed by atoms with E-state index in [1.807, 2.05) is 4.90 Å². The number of nitrogens with zero attached hydrogens (tertiary/aromatic N) is 1. The van der Waals surface area contributed by atoms with E-state index in [2.05, 4.69) is 52.0 Å². The van der Waals surface area contributed by atoms with E-state index >= 15 is 0 Å². The molecule has 0 unspecified atom stereocenters. The van der Waals surface area contributed by atoms with E-state index in [4.69, 9.17) is 5.73 Å². The van der Waals surface area contributed by atoms with Gasteiger partial charge in [-0.3, -0.25) is 4.79 Å². The summed E-state index contributed by atoms with van der Waals surface area (Å²) in [7, 11) is 0. The lowest BCUT2D eigenvalue weighted by Crippen LogP contribution is -2.49. The van der Waals surface area contributed by atoms with Crippen LogP contribution < -0.4 is 5.73 Å². The van der Waals surface area contributed by atoms with Crippen molar-refractivity contribution in [3.05, 3.63) is 35.4 Å². The Hall–Kier alpha value is -1.35. The fourth-order valence-corrected chi connectivity index (χ4v) is 3.17. The van der Waals surface area contributed by atoms with Gasteiger partial charge in [-0.05, 0) is 37.7 Å². The van der Waals surface area contributed by atoms with Crippen molar-refractivity contribution in [3.63, 3.8) is 0 Å². The molecule has 2 N–H and O–H groups in total. The molecule has 0 aliphatic carbocycles. The van der Waals surface area contributed by atoms with E-state index in [0.29, 0.717) is 6.42 Å². The van der Waals surface area contributed by atoms with Gasteiger partial charge in [0.05, 0.1) is 0 Å². The van der Waals surface area contributed by atoms with Crippen molar-refractivity contribution in [2.24, 2.45) is 5.73 Å². The maximum absolute atomic E-state index is 12.7. The first kappa shape index (κ1) is 16.0. The maximum atomic E-state index is 12.7. The van der Waals surface area contributed by atoms with Crippen LogP contribution in [0, 0.1) is 6.92 Å². The normalized spacial score (nSPS) is 23.2. The van der Waals surface area contributed by atoms with E-state index in [-0.39, 0.29) is 23.4 Å². The lowest BCUT2D eigenvalue weighted by molar-refractivity contribution is -0.135. The number of nitrogens with two attached hydrogens (primary N) is 1. The fourth-order valence-electron chi connectivity index (χ4n) is 3.17. The van der Waals surface area contributed by atoms with Crippen LogP contribution in [-0.4, -0.2) is 29.4 Å². The summed E-state index contributed by atoms with van der Waals surface area (Å²) in [6, 6.07) is 9.01. The predicted octanol–water partition coefficient (Wildman–Crippen LogP) is 3.00. The molecule has 3 nitrogen and oxygen atoms in total. The minimum atomic E-state index is -0.135. The molecule has 1 aromatic carbocycles. The second-order valence-corrected chi connectivity index (χ2v) is 7.15. The van der Waals surface area contributed by atoms with Crippen LogP contribution in [0.3, 0.4) is 0 Å². The Balaban J connectivity index is 2.05. The van der Waals surface area contributed by atoms with E-state index in [1.165, 1.54) is 11.1 Å². The Bertz CT molecular complexity index is 492. The van der Waals surface area contributed by atoms with Crippen LogP contribution >= 0.6 is 0 Å². The Morgan fingerprint density at radius 3 is 2.52 bits per heavy atom. The van der Waals surface area contributed by atoms with Gasteiger partial charge >= 0.3 is 0 Å². The number of amides is 1. The monoisotopic (exact) mass is 288 g/mol. The standard InChI is InChI=1S/C18H28N2O/c1-13-5-7-15(8-6-13)18(3,4)12-17(21)20-10-9-16(19)11-14(20)2/h5-8,14,16H,9-12,19H2,1-4H3/t14-,16-/m0/s1. The Labute approximate surface area is 128 Å². The van der Waals surface area contributed by atoms with Gasteiger partial charge in [-0.15, -0.1) is 0 Å². The van der Waals surface area contributed by atoms with Crippen molar-refractivity contribution >= 4 is 5.91 Å². The molecule has 1 aliphatic heterocycles. The molecule has 0 aromatic heterocycles. The zero-order valence-electron chi connectivity index (χ0n) is 13.7. The van der Waals surface area contributed by atoms with Crippen LogP contribution in [0.1, 0.15) is 51.2 Å². The SMILES string of the molecule is Cc1ccc(C(C)(C)CC(=O)N2CC[C@H](N)C[C@@H]2C)cc1. The summed E-state index contributed by atoms with van der Waals surface area (Å²) in [4.78, 5) is 14.7. The van der Waals surface area contributed by atoms with Crippen molar-refractivity contribution in [2.45, 2.75) is 64.5 Å². The summed E-state index contributed by atoms with van der Waals surface area (Å²) in [5.74, 6) is 0.250. The number of likely N-dealkylation sites (tertiary alicyclic amines) is 1. The van der Waals surface area contributed by atoms with Crippen LogP contribution in [0.15, 0.2) is 24.3 Å². The molecule has 2 atom stereocenters. The van der Waals surface area contributed by atoms with Crippen LogP contribution in [0.2, 0.25) is 0 Å². The summed E-state index contributed by atoms with van der Waals surface area (Å²) in [5.41, 5.74) is 8.32. The minimum Gasteiger partial charge on any atom is -0.340 e. The Kier molecular flexibility index (Phi) is 4.72. The van der Waals surface area contributed by atoms with Gasteiger partial charge in [-0.1, -0.05) is 43.7 Å². The lowest BCUT2D eigenvalue weighted by Gasteiger charge is -2.38. The highest BCUT2D eigenvalue weighted by molar-refractivity contribution is 5.78. The number of benzene rings is 1. The number of carbonyl (C=O) groups excluding carboxylic acids is 1. The van der Waals surface area contributed by atoms with Crippen molar-refractivity contribution in [3.8, 4) is 0 Å². The predicted molar refractivity (Wildman–Crippen MR) is 87.2 cm³/mol. The number of rotatable bonds is 3. The first-order valence-corrected chi connectivity index (χ1v) is 7.92. The van der Waals surface area contributed by atoms with Gasteiger partial charge in [0, 0.05) is 25.0 Å². The van der Waals surface area contributed by atoms with Gasteiger partial charge in [-0.2, -0.15) is 0 Å². The Morgan fingerprint density at radius 2 is 1.95 bits per heavy atom. The molecule has 3 heteroatoms. The van der Waals surface area contributed by atoms with Gasteiger partial charge in [0.15, 0.2) is 0 Å². The molecule has 0 bridgehead atoms. The molecule has 0 radical (unpaired) electrons. The van der Waals surface area contributed by atoms with Crippen LogP contribution in [0.25, 0.3) is 0 Å². The molecule has 1 aliphatic rings. The van der Waals surface area contributed by atoms with Crippen molar-refractivity contribution in [1.82, 2.24) is 4.90 Å². The van der Waals surface area contributed by atoms with Gasteiger partial charge in [-0.25, -0.2) is 0 Å². The summed E-state index contributed by atoms with van der Waals surface area (Å²) in [6.07, 6.45) is 2.38. The largest absolute Gasteiger partial charge is 0.340 e. The molecular weight excluding hydrogens is 260 g/mol. The summed E-state index contributed by atoms with van der Waals surface area (Å²) in [5, 5.41) is 0. The van der Waals surface area contributed by atoms with Crippen LogP contribution in [0.4, 0.5) is 0 Å². The molecule has 116 valence electrons. The number of aryl methyl sites for hydroxylation is 1. The zero-order valence-corrected chi connectivity index (χ0v) is 13.7. The molecule has 21 heavy (non-hydrogen) atoms. The second kappa shape index (κ2) is 6.18.